The highest BCUT2D eigenvalue weighted by Gasteiger charge is 2.32. The van der Waals surface area contributed by atoms with Gasteiger partial charge in [-0.3, -0.25) is 14.8 Å². The van der Waals surface area contributed by atoms with Gasteiger partial charge in [-0.15, -0.1) is 12.4 Å². The van der Waals surface area contributed by atoms with Gasteiger partial charge in [-0.25, -0.2) is 20.6 Å². The molecule has 3 heterocycles. The Morgan fingerprint density at radius 2 is 2.21 bits per heavy atom. The van der Waals surface area contributed by atoms with Crippen molar-refractivity contribution in [2.45, 2.75) is 25.8 Å². The second kappa shape index (κ2) is 8.86. The summed E-state index contributed by atoms with van der Waals surface area (Å²) in [6.45, 7) is 3.31. The molecule has 10 nitrogen and oxygen atoms in total. The van der Waals surface area contributed by atoms with Gasteiger partial charge in [-0.2, -0.15) is 5.26 Å². The third kappa shape index (κ3) is 3.85. The van der Waals surface area contributed by atoms with Crippen molar-refractivity contribution in [3.8, 4) is 6.07 Å². The molecule has 0 bridgehead atoms. The first-order valence-corrected chi connectivity index (χ1v) is 8.68. The number of fused-ring (bicyclic) bond motifs is 1. The minimum absolute atomic E-state index is 0. The highest BCUT2D eigenvalue weighted by atomic mass is 35.5. The van der Waals surface area contributed by atoms with Gasteiger partial charge in [0.1, 0.15) is 18.6 Å². The molecule has 1 saturated heterocycles. The van der Waals surface area contributed by atoms with Crippen molar-refractivity contribution in [3.05, 3.63) is 18.6 Å². The van der Waals surface area contributed by atoms with Crippen LogP contribution in [-0.4, -0.2) is 57.6 Å². The number of rotatable bonds is 3. The molecular formula is C17H23ClN8O2. The van der Waals surface area contributed by atoms with E-state index in [0.29, 0.717) is 30.5 Å². The Morgan fingerprint density at radius 1 is 1.46 bits per heavy atom. The molecule has 2 atom stereocenters. The summed E-state index contributed by atoms with van der Waals surface area (Å²) in [6.07, 6.45) is 3.73. The second-order valence-electron chi connectivity index (χ2n) is 6.69. The maximum atomic E-state index is 12.1. The number of hydrazine groups is 1. The molecule has 2 amide bonds. The van der Waals surface area contributed by atoms with Gasteiger partial charge in [0.2, 0.25) is 5.91 Å². The molecule has 150 valence electrons. The summed E-state index contributed by atoms with van der Waals surface area (Å²) in [6, 6.07) is 3.23. The zero-order valence-electron chi connectivity index (χ0n) is 15.7. The number of aromatic nitrogens is 3. The van der Waals surface area contributed by atoms with E-state index in [1.807, 2.05) is 18.0 Å². The van der Waals surface area contributed by atoms with E-state index < -0.39 is 6.03 Å². The van der Waals surface area contributed by atoms with Gasteiger partial charge < -0.3 is 9.80 Å². The number of anilines is 1. The predicted octanol–water partition coefficient (Wildman–Crippen LogP) is 0.871. The second-order valence-corrected chi connectivity index (χ2v) is 6.69. The van der Waals surface area contributed by atoms with Gasteiger partial charge >= 0.3 is 6.03 Å². The van der Waals surface area contributed by atoms with Crippen LogP contribution in [0.2, 0.25) is 0 Å². The molecule has 2 aromatic rings. The van der Waals surface area contributed by atoms with Crippen LogP contribution < -0.4 is 16.2 Å². The fourth-order valence-corrected chi connectivity index (χ4v) is 3.57. The predicted molar refractivity (Wildman–Crippen MR) is 106 cm³/mol. The number of nitrogen functional groups attached to an aromatic ring is 1. The van der Waals surface area contributed by atoms with Crippen molar-refractivity contribution in [2.24, 2.45) is 11.8 Å². The summed E-state index contributed by atoms with van der Waals surface area (Å²) in [5.41, 5.74) is 2.54. The van der Waals surface area contributed by atoms with Crippen LogP contribution in [0.25, 0.3) is 11.0 Å². The summed E-state index contributed by atoms with van der Waals surface area (Å²) in [5, 5.41) is 9.51. The van der Waals surface area contributed by atoms with E-state index in [1.54, 1.807) is 17.2 Å². The number of nitrogens with zero attached hydrogens (tertiary/aromatic N) is 6. The van der Waals surface area contributed by atoms with Crippen molar-refractivity contribution < 1.29 is 9.59 Å². The zero-order valence-corrected chi connectivity index (χ0v) is 16.5. The summed E-state index contributed by atoms with van der Waals surface area (Å²) in [7, 11) is 1.92. The number of nitrogens with two attached hydrogens (primary N) is 1. The Labute approximate surface area is 168 Å². The van der Waals surface area contributed by atoms with Gasteiger partial charge in [0.25, 0.3) is 0 Å². The van der Waals surface area contributed by atoms with Gasteiger partial charge in [0.05, 0.1) is 17.5 Å². The van der Waals surface area contributed by atoms with E-state index in [9.17, 15) is 9.59 Å². The molecule has 0 aliphatic carbocycles. The van der Waals surface area contributed by atoms with Gasteiger partial charge in [-0.1, -0.05) is 6.92 Å². The maximum Gasteiger partial charge on any atom is 0.341 e. The molecule has 1 aliphatic rings. The number of halogens is 1. The highest BCUT2D eigenvalue weighted by Crippen LogP contribution is 2.29. The average Bonchev–Trinajstić information content (AvgIpc) is 3.11. The van der Waals surface area contributed by atoms with Crippen LogP contribution in [0.5, 0.6) is 0 Å². The van der Waals surface area contributed by atoms with E-state index in [0.717, 1.165) is 11.8 Å². The number of nitrogens with one attached hydrogen (secondary N) is 1. The lowest BCUT2D eigenvalue weighted by molar-refractivity contribution is -0.131. The van der Waals surface area contributed by atoms with Crippen molar-refractivity contribution in [3.63, 3.8) is 0 Å². The Balaban J connectivity index is 0.00000280. The van der Waals surface area contributed by atoms with Crippen molar-refractivity contribution in [2.75, 3.05) is 25.0 Å². The Morgan fingerprint density at radius 3 is 2.89 bits per heavy atom. The first kappa shape index (κ1) is 21.4. The Bertz CT molecular complexity index is 908. The molecular weight excluding hydrogens is 384 g/mol. The van der Waals surface area contributed by atoms with Gasteiger partial charge in [0, 0.05) is 26.3 Å². The zero-order chi connectivity index (χ0) is 19.6. The van der Waals surface area contributed by atoms with Crippen LogP contribution in [0.1, 0.15) is 19.8 Å². The third-order valence-electron chi connectivity index (χ3n) is 5.14. The Kier molecular flexibility index (Phi) is 6.77. The number of hydrogen-bond acceptors (Lipinski definition) is 7. The first-order valence-electron chi connectivity index (χ1n) is 8.68. The fourth-order valence-electron chi connectivity index (χ4n) is 3.57. The Hall–Kier alpha value is -2.90. The minimum Gasteiger partial charge on any atom is -0.354 e. The average molecular weight is 407 g/mol. The summed E-state index contributed by atoms with van der Waals surface area (Å²) >= 11 is 0. The molecule has 0 radical (unpaired) electrons. The normalized spacial score (nSPS) is 18.9. The molecule has 3 rings (SSSR count). The van der Waals surface area contributed by atoms with Crippen LogP contribution in [-0.2, 0) is 4.79 Å². The van der Waals surface area contributed by atoms with E-state index >= 15 is 0 Å². The lowest BCUT2D eigenvalue weighted by Crippen LogP contribution is -2.52. The van der Waals surface area contributed by atoms with Gasteiger partial charge in [-0.05, 0) is 18.4 Å². The molecule has 0 unspecified atom stereocenters. The van der Waals surface area contributed by atoms with E-state index in [4.69, 9.17) is 11.1 Å². The van der Waals surface area contributed by atoms with Crippen molar-refractivity contribution in [1.29, 1.82) is 5.26 Å². The summed E-state index contributed by atoms with van der Waals surface area (Å²) < 4.78 is 1.32. The van der Waals surface area contributed by atoms with Crippen molar-refractivity contribution in [1.82, 2.24) is 24.9 Å². The molecule has 11 heteroatoms. The largest absolute Gasteiger partial charge is 0.354 e. The van der Waals surface area contributed by atoms with Crippen molar-refractivity contribution >= 4 is 41.2 Å². The topological polar surface area (TPSA) is 133 Å². The SMILES string of the molecule is C[C@@H]1CCN(C(=O)CC#N)C[C@@H]1N(C)c1ncnc2c1ccn2C(=O)NN.Cl. The van der Waals surface area contributed by atoms with E-state index in [-0.39, 0.29) is 30.8 Å². The molecule has 1 fully saturated rings. The molecule has 0 aromatic carbocycles. The number of piperidine rings is 1. The maximum absolute atomic E-state index is 12.1. The monoisotopic (exact) mass is 406 g/mol. The molecule has 0 spiro atoms. The summed E-state index contributed by atoms with van der Waals surface area (Å²) in [4.78, 5) is 36.4. The quantitative estimate of drug-likeness (QED) is 0.439. The third-order valence-corrected chi connectivity index (χ3v) is 5.14. The van der Waals surface area contributed by atoms with Crippen LogP contribution in [0, 0.1) is 17.2 Å². The molecule has 3 N–H and O–H groups in total. The molecule has 1 aliphatic heterocycles. The number of carbonyl (C=O) groups excluding carboxylic acids is 2. The highest BCUT2D eigenvalue weighted by molar-refractivity contribution is 5.94. The van der Waals surface area contributed by atoms with Gasteiger partial charge in [0.15, 0.2) is 5.65 Å². The fraction of sp³-hybridized carbons (Fsp3) is 0.471. The lowest BCUT2D eigenvalue weighted by atomic mass is 9.92. The number of nitriles is 1. The lowest BCUT2D eigenvalue weighted by Gasteiger charge is -2.42. The van der Waals surface area contributed by atoms with E-state index in [2.05, 4.69) is 22.3 Å². The van der Waals surface area contributed by atoms with Crippen LogP contribution >= 0.6 is 12.4 Å². The molecule has 0 saturated carbocycles. The number of hydrogen-bond donors (Lipinski definition) is 2. The molecule has 28 heavy (non-hydrogen) atoms. The standard InChI is InChI=1S/C17H22N8O2.ClH/c1-11-4-7-24(14(26)3-6-18)9-13(11)23(2)15-12-5-8-25(17(27)22-19)16(12)21-10-20-15;/h5,8,10-11,13H,3-4,7,9,19H2,1-2H3,(H,22,27);1H/t11-,13+;/m1./s1. The number of likely N-dealkylation sites (tertiary alicyclic amines) is 1. The first-order chi connectivity index (χ1) is 13.0. The van der Waals surface area contributed by atoms with E-state index in [1.165, 1.54) is 10.9 Å². The van der Waals surface area contributed by atoms with Crippen LogP contribution in [0.4, 0.5) is 10.6 Å². The smallest absolute Gasteiger partial charge is 0.341 e. The minimum atomic E-state index is -0.489. The van der Waals surface area contributed by atoms with Crippen LogP contribution in [0.15, 0.2) is 18.6 Å². The summed E-state index contributed by atoms with van der Waals surface area (Å²) in [5.74, 6) is 6.08. The number of likely N-dealkylation sites (N-methyl/N-ethyl adjacent to an activating group) is 1. The molecule has 2 aromatic heterocycles. The number of carbonyl (C=O) groups is 2. The van der Waals surface area contributed by atoms with Crippen LogP contribution in [0.3, 0.4) is 0 Å². The number of amides is 2.